The largest absolute Gasteiger partial charge is 0.295 e. The van der Waals surface area contributed by atoms with Crippen LogP contribution in [0.25, 0.3) is 0 Å². The molecule has 0 spiro atoms. The molecule has 0 bridgehead atoms. The van der Waals surface area contributed by atoms with Crippen LogP contribution in [0, 0.1) is 5.92 Å². The third kappa shape index (κ3) is 1.03. The summed E-state index contributed by atoms with van der Waals surface area (Å²) in [5.41, 5.74) is 1.71. The molecule has 82 valence electrons. The molecule has 0 unspecified atom stereocenters. The van der Waals surface area contributed by atoms with Crippen LogP contribution in [-0.2, 0) is 21.4 Å². The van der Waals surface area contributed by atoms with Crippen molar-refractivity contribution in [2.24, 2.45) is 5.92 Å². The molecule has 2 aliphatic rings. The Morgan fingerprint density at radius 3 is 2.44 bits per heavy atom. The number of rotatable bonds is 2. The minimum absolute atomic E-state index is 0.107. The first-order valence-electron chi connectivity index (χ1n) is 5.63. The quantitative estimate of drug-likeness (QED) is 0.752. The third-order valence-corrected chi connectivity index (χ3v) is 3.80. The van der Waals surface area contributed by atoms with Gasteiger partial charge < -0.3 is 0 Å². The Morgan fingerprint density at radius 2 is 2.00 bits per heavy atom. The number of fused-ring (bicyclic) bond motifs is 1. The van der Waals surface area contributed by atoms with Crippen LogP contribution >= 0.6 is 0 Å². The van der Waals surface area contributed by atoms with Gasteiger partial charge in [-0.2, -0.15) is 0 Å². The number of aryl methyl sites for hydroxylation is 1. The van der Waals surface area contributed by atoms with Gasteiger partial charge in [0, 0.05) is 0 Å². The van der Waals surface area contributed by atoms with Gasteiger partial charge in [0.1, 0.15) is 0 Å². The summed E-state index contributed by atoms with van der Waals surface area (Å²) in [6.07, 6.45) is 1.67. The van der Waals surface area contributed by atoms with Gasteiger partial charge >= 0.3 is 0 Å². The number of imide groups is 1. The molecule has 2 amide bonds. The number of amides is 2. The Labute approximate surface area is 93.8 Å². The van der Waals surface area contributed by atoms with Crippen LogP contribution in [0.2, 0.25) is 0 Å². The number of carbonyl (C=O) groups is 2. The maximum absolute atomic E-state index is 11.8. The van der Waals surface area contributed by atoms with E-state index in [-0.39, 0.29) is 17.7 Å². The fraction of sp³-hybridized carbons (Fsp3) is 0.385. The number of benzene rings is 1. The van der Waals surface area contributed by atoms with Crippen LogP contribution in [-0.4, -0.2) is 11.8 Å². The third-order valence-electron chi connectivity index (χ3n) is 3.80. The fourth-order valence-electron chi connectivity index (χ4n) is 2.63. The second-order valence-corrected chi connectivity index (χ2v) is 4.60. The predicted molar refractivity (Wildman–Crippen MR) is 58.8 cm³/mol. The van der Waals surface area contributed by atoms with Gasteiger partial charge in [-0.25, -0.2) is 0 Å². The van der Waals surface area contributed by atoms with Gasteiger partial charge in [0.2, 0.25) is 11.8 Å². The summed E-state index contributed by atoms with van der Waals surface area (Å²) in [6.45, 7) is 2.10. The van der Waals surface area contributed by atoms with Crippen LogP contribution in [0.3, 0.4) is 0 Å². The molecular formula is C13H13NO2. The fourth-order valence-corrected chi connectivity index (χ4v) is 2.63. The lowest BCUT2D eigenvalue weighted by molar-refractivity contribution is -0.127. The molecule has 2 atom stereocenters. The van der Waals surface area contributed by atoms with Gasteiger partial charge in [0.05, 0.1) is 11.3 Å². The lowest BCUT2D eigenvalue weighted by atomic mass is 9.93. The maximum Gasteiger partial charge on any atom is 0.238 e. The number of hydrogen-bond acceptors (Lipinski definition) is 2. The highest BCUT2D eigenvalue weighted by Crippen LogP contribution is 2.57. The van der Waals surface area contributed by atoms with Crippen molar-refractivity contribution in [3.8, 4) is 0 Å². The molecule has 1 saturated heterocycles. The summed E-state index contributed by atoms with van der Waals surface area (Å²) in [5, 5.41) is 2.41. The van der Waals surface area contributed by atoms with Crippen molar-refractivity contribution in [2.75, 3.05) is 0 Å². The molecule has 1 saturated carbocycles. The van der Waals surface area contributed by atoms with Crippen molar-refractivity contribution >= 4 is 11.8 Å². The van der Waals surface area contributed by atoms with E-state index in [0.717, 1.165) is 12.0 Å². The zero-order valence-corrected chi connectivity index (χ0v) is 9.12. The molecule has 1 aliphatic carbocycles. The lowest BCUT2D eigenvalue weighted by Crippen LogP contribution is -2.30. The van der Waals surface area contributed by atoms with Crippen molar-refractivity contribution in [2.45, 2.75) is 25.2 Å². The summed E-state index contributed by atoms with van der Waals surface area (Å²) in [4.78, 5) is 23.2. The summed E-state index contributed by atoms with van der Waals surface area (Å²) in [5.74, 6) is -0.344. The minimum atomic E-state index is -0.524. The molecule has 2 fully saturated rings. The summed E-state index contributed by atoms with van der Waals surface area (Å²) >= 11 is 0. The zero-order valence-electron chi connectivity index (χ0n) is 9.12. The Hall–Kier alpha value is -1.64. The monoisotopic (exact) mass is 215 g/mol. The van der Waals surface area contributed by atoms with Gasteiger partial charge in [0.15, 0.2) is 0 Å². The normalized spacial score (nSPS) is 31.2. The highest BCUT2D eigenvalue weighted by atomic mass is 16.2. The lowest BCUT2D eigenvalue weighted by Gasteiger charge is -2.10. The van der Waals surface area contributed by atoms with E-state index in [1.165, 1.54) is 5.56 Å². The summed E-state index contributed by atoms with van der Waals surface area (Å²) in [7, 11) is 0. The summed E-state index contributed by atoms with van der Waals surface area (Å²) < 4.78 is 0. The number of piperidine rings is 1. The maximum atomic E-state index is 11.8. The molecule has 3 rings (SSSR count). The highest BCUT2D eigenvalue weighted by Gasteiger charge is 2.69. The molecule has 16 heavy (non-hydrogen) atoms. The Kier molecular flexibility index (Phi) is 1.76. The molecular weight excluding hydrogens is 202 g/mol. The van der Waals surface area contributed by atoms with Gasteiger partial charge in [-0.3, -0.25) is 14.9 Å². The highest BCUT2D eigenvalue weighted by molar-refractivity contribution is 6.15. The zero-order chi connectivity index (χ0) is 11.3. The SMILES string of the molecule is CCc1ccc([C@]23C[C@H]2C(=O)NC3=O)cc1. The van der Waals surface area contributed by atoms with E-state index in [4.69, 9.17) is 0 Å². The number of carbonyl (C=O) groups excluding carboxylic acids is 2. The van der Waals surface area contributed by atoms with Crippen molar-refractivity contribution in [1.29, 1.82) is 0 Å². The molecule has 1 aliphatic heterocycles. The van der Waals surface area contributed by atoms with E-state index in [0.29, 0.717) is 6.42 Å². The van der Waals surface area contributed by atoms with Gasteiger partial charge in [-0.15, -0.1) is 0 Å². The number of hydrogen-bond donors (Lipinski definition) is 1. The van der Waals surface area contributed by atoms with E-state index in [1.54, 1.807) is 0 Å². The van der Waals surface area contributed by atoms with Crippen LogP contribution in [0.1, 0.15) is 24.5 Å². The second-order valence-electron chi connectivity index (χ2n) is 4.60. The van der Waals surface area contributed by atoms with Gasteiger partial charge in [-0.05, 0) is 24.0 Å². The van der Waals surface area contributed by atoms with E-state index in [1.807, 2.05) is 24.3 Å². The van der Waals surface area contributed by atoms with E-state index < -0.39 is 5.41 Å². The predicted octanol–water partition coefficient (Wildman–Crippen LogP) is 1.16. The molecule has 3 heteroatoms. The molecule has 1 N–H and O–H groups in total. The van der Waals surface area contributed by atoms with Crippen LogP contribution < -0.4 is 5.32 Å². The van der Waals surface area contributed by atoms with E-state index in [9.17, 15) is 9.59 Å². The molecule has 0 aromatic heterocycles. The second kappa shape index (κ2) is 2.94. The van der Waals surface area contributed by atoms with Crippen LogP contribution in [0.5, 0.6) is 0 Å². The molecule has 0 radical (unpaired) electrons. The molecule has 3 nitrogen and oxygen atoms in total. The molecule has 1 aromatic rings. The first-order chi connectivity index (χ1) is 7.68. The van der Waals surface area contributed by atoms with E-state index in [2.05, 4.69) is 12.2 Å². The number of nitrogens with one attached hydrogen (secondary N) is 1. The van der Waals surface area contributed by atoms with Crippen molar-refractivity contribution in [3.05, 3.63) is 35.4 Å². The van der Waals surface area contributed by atoms with Gasteiger partial charge in [-0.1, -0.05) is 31.2 Å². The Balaban J connectivity index is 1.99. The average Bonchev–Trinajstić information content (AvgIpc) is 3.00. The van der Waals surface area contributed by atoms with Crippen LogP contribution in [0.4, 0.5) is 0 Å². The smallest absolute Gasteiger partial charge is 0.238 e. The first kappa shape index (κ1) is 9.58. The standard InChI is InChI=1S/C13H13NO2/c1-2-8-3-5-9(6-4-8)13-7-10(13)11(15)14-12(13)16/h3-6,10H,2,7H2,1H3,(H,14,15,16)/t10-,13+/m0/s1. The van der Waals surface area contributed by atoms with Crippen molar-refractivity contribution in [1.82, 2.24) is 5.32 Å². The topological polar surface area (TPSA) is 46.2 Å². The Morgan fingerprint density at radius 1 is 1.31 bits per heavy atom. The van der Waals surface area contributed by atoms with Crippen LogP contribution in [0.15, 0.2) is 24.3 Å². The summed E-state index contributed by atoms with van der Waals surface area (Å²) in [6, 6.07) is 8.04. The molecule has 1 aromatic carbocycles. The molecule has 1 heterocycles. The Bertz CT molecular complexity index is 477. The average molecular weight is 215 g/mol. The van der Waals surface area contributed by atoms with Crippen molar-refractivity contribution in [3.63, 3.8) is 0 Å². The van der Waals surface area contributed by atoms with E-state index >= 15 is 0 Å². The van der Waals surface area contributed by atoms with Crippen molar-refractivity contribution < 1.29 is 9.59 Å². The first-order valence-corrected chi connectivity index (χ1v) is 5.63. The minimum Gasteiger partial charge on any atom is -0.295 e. The van der Waals surface area contributed by atoms with Gasteiger partial charge in [0.25, 0.3) is 0 Å².